The Morgan fingerprint density at radius 2 is 2.07 bits per heavy atom. The van der Waals surface area contributed by atoms with Crippen molar-refractivity contribution in [3.8, 4) is 22.8 Å². The first-order valence-electron chi connectivity index (χ1n) is 10.1. The molecule has 2 aliphatic heterocycles. The summed E-state index contributed by atoms with van der Waals surface area (Å²) in [6.45, 7) is 3.41. The molecule has 0 spiro atoms. The van der Waals surface area contributed by atoms with Crippen molar-refractivity contribution in [1.82, 2.24) is 20.0 Å². The lowest BCUT2D eigenvalue weighted by Gasteiger charge is -2.21. The molecule has 1 fully saturated rings. The minimum absolute atomic E-state index is 0.0391. The van der Waals surface area contributed by atoms with E-state index in [9.17, 15) is 4.79 Å². The third-order valence-corrected chi connectivity index (χ3v) is 5.49. The third kappa shape index (κ3) is 4.32. The average molecular weight is 400 g/mol. The molecule has 8 heteroatoms. The number of aromatic nitrogens is 2. The van der Waals surface area contributed by atoms with Gasteiger partial charge in [-0.05, 0) is 43.5 Å². The molecule has 0 unspecified atom stereocenters. The molecule has 1 aromatic heterocycles. The molecule has 29 heavy (non-hydrogen) atoms. The highest BCUT2D eigenvalue weighted by Crippen LogP contribution is 2.32. The predicted molar refractivity (Wildman–Crippen MR) is 108 cm³/mol. The van der Waals surface area contributed by atoms with E-state index >= 15 is 0 Å². The van der Waals surface area contributed by atoms with Crippen LogP contribution in [0.4, 0.5) is 4.79 Å². The molecule has 0 bridgehead atoms. The van der Waals surface area contributed by atoms with Crippen LogP contribution in [-0.4, -0.2) is 60.7 Å². The van der Waals surface area contributed by atoms with Crippen LogP contribution in [0.2, 0.25) is 0 Å². The van der Waals surface area contributed by atoms with Crippen LogP contribution < -0.4 is 14.8 Å². The Labute approximate surface area is 170 Å². The zero-order valence-corrected chi connectivity index (χ0v) is 17.0. The van der Waals surface area contributed by atoms with Gasteiger partial charge in [-0.3, -0.25) is 4.68 Å². The molecule has 0 radical (unpaired) electrons. The van der Waals surface area contributed by atoms with Crippen molar-refractivity contribution in [2.24, 2.45) is 0 Å². The fourth-order valence-electron chi connectivity index (χ4n) is 3.89. The van der Waals surface area contributed by atoms with Crippen LogP contribution >= 0.6 is 0 Å². The monoisotopic (exact) mass is 400 g/mol. The fraction of sp³-hybridized carbons (Fsp3) is 0.524. The maximum atomic E-state index is 12.6. The molecule has 0 saturated carbocycles. The van der Waals surface area contributed by atoms with Gasteiger partial charge in [0.1, 0.15) is 0 Å². The number of carbonyl (C=O) groups excluding carboxylic acids is 1. The first-order valence-corrected chi connectivity index (χ1v) is 10.1. The summed E-state index contributed by atoms with van der Waals surface area (Å²) in [5, 5.41) is 7.78. The smallest absolute Gasteiger partial charge is 0.317 e. The van der Waals surface area contributed by atoms with E-state index in [1.165, 1.54) is 0 Å². The van der Waals surface area contributed by atoms with E-state index in [-0.39, 0.29) is 12.1 Å². The molecule has 1 aromatic carbocycles. The number of nitrogens with zero attached hydrogens (tertiary/aromatic N) is 3. The molecule has 2 aliphatic rings. The van der Waals surface area contributed by atoms with E-state index in [2.05, 4.69) is 5.32 Å². The summed E-state index contributed by atoms with van der Waals surface area (Å²) in [7, 11) is 3.24. The van der Waals surface area contributed by atoms with E-state index in [0.717, 1.165) is 49.4 Å². The number of fused-ring (bicyclic) bond motifs is 1. The molecule has 2 aromatic rings. The highest BCUT2D eigenvalue weighted by molar-refractivity contribution is 5.74. The van der Waals surface area contributed by atoms with Crippen LogP contribution in [0.1, 0.15) is 25.0 Å². The van der Waals surface area contributed by atoms with Gasteiger partial charge >= 0.3 is 6.03 Å². The Balaban J connectivity index is 1.47. The number of rotatable bonds is 5. The van der Waals surface area contributed by atoms with Gasteiger partial charge in [0.25, 0.3) is 0 Å². The number of methoxy groups -OCH3 is 2. The van der Waals surface area contributed by atoms with E-state index in [4.69, 9.17) is 19.3 Å². The highest BCUT2D eigenvalue weighted by Gasteiger charge is 2.23. The molecule has 1 N–H and O–H groups in total. The van der Waals surface area contributed by atoms with Crippen molar-refractivity contribution >= 4 is 6.03 Å². The van der Waals surface area contributed by atoms with Crippen molar-refractivity contribution in [3.05, 3.63) is 30.0 Å². The van der Waals surface area contributed by atoms with Crippen LogP contribution in [0.3, 0.4) is 0 Å². The van der Waals surface area contributed by atoms with Gasteiger partial charge in [-0.2, -0.15) is 5.10 Å². The van der Waals surface area contributed by atoms with Gasteiger partial charge in [0.2, 0.25) is 0 Å². The molecule has 1 atom stereocenters. The fourth-order valence-corrected chi connectivity index (χ4v) is 3.89. The number of carbonyl (C=O) groups is 1. The molecular formula is C21H28N4O4. The topological polar surface area (TPSA) is 77.9 Å². The molecule has 156 valence electrons. The summed E-state index contributed by atoms with van der Waals surface area (Å²) in [5.74, 6) is 1.36. The summed E-state index contributed by atoms with van der Waals surface area (Å²) in [6.07, 6.45) is 3.10. The summed E-state index contributed by atoms with van der Waals surface area (Å²) in [6, 6.07) is 7.78. The number of ether oxygens (including phenoxy) is 3. The summed E-state index contributed by atoms with van der Waals surface area (Å²) < 4.78 is 18.3. The predicted octanol–water partition coefficient (Wildman–Crippen LogP) is 2.66. The Morgan fingerprint density at radius 1 is 1.21 bits per heavy atom. The lowest BCUT2D eigenvalue weighted by molar-refractivity contribution is 0.108. The Kier molecular flexibility index (Phi) is 5.89. The number of urea groups is 1. The second kappa shape index (κ2) is 8.73. The molecular weight excluding hydrogens is 372 g/mol. The van der Waals surface area contributed by atoms with Gasteiger partial charge in [-0.15, -0.1) is 0 Å². The van der Waals surface area contributed by atoms with Crippen LogP contribution in [0, 0.1) is 0 Å². The maximum absolute atomic E-state index is 12.6. The lowest BCUT2D eigenvalue weighted by atomic mass is 10.1. The molecule has 1 saturated heterocycles. The van der Waals surface area contributed by atoms with Crippen LogP contribution in [0.5, 0.6) is 11.5 Å². The highest BCUT2D eigenvalue weighted by atomic mass is 16.5. The van der Waals surface area contributed by atoms with Gasteiger partial charge in [-0.25, -0.2) is 4.79 Å². The van der Waals surface area contributed by atoms with Gasteiger partial charge < -0.3 is 24.4 Å². The number of nitrogens with one attached hydrogen (secondary N) is 1. The summed E-state index contributed by atoms with van der Waals surface area (Å²) in [4.78, 5) is 14.5. The van der Waals surface area contributed by atoms with E-state index < -0.39 is 0 Å². The molecule has 8 nitrogen and oxygen atoms in total. The standard InChI is InChI=1S/C21H28N4O4/c1-27-19-7-6-15(11-20(19)28-2)18-12-16-14-24(8-4-9-25(16)23-18)21(26)22-13-17-5-3-10-29-17/h6-7,11-12,17H,3-5,8-10,13-14H2,1-2H3,(H,22,26)/t17-/m0/s1. The lowest BCUT2D eigenvalue weighted by Crippen LogP contribution is -2.42. The molecule has 3 heterocycles. The van der Waals surface area contributed by atoms with Crippen molar-refractivity contribution in [2.75, 3.05) is 33.9 Å². The van der Waals surface area contributed by atoms with Crippen molar-refractivity contribution in [2.45, 2.75) is 38.5 Å². The van der Waals surface area contributed by atoms with Crippen molar-refractivity contribution < 1.29 is 19.0 Å². The number of amides is 2. The summed E-state index contributed by atoms with van der Waals surface area (Å²) >= 11 is 0. The zero-order valence-electron chi connectivity index (χ0n) is 17.0. The first kappa shape index (κ1) is 19.6. The van der Waals surface area contributed by atoms with Gasteiger partial charge in [0, 0.05) is 31.8 Å². The second-order valence-electron chi connectivity index (χ2n) is 7.41. The second-order valence-corrected chi connectivity index (χ2v) is 7.41. The number of hydrogen-bond acceptors (Lipinski definition) is 5. The Hall–Kier alpha value is -2.74. The minimum atomic E-state index is -0.0391. The minimum Gasteiger partial charge on any atom is -0.493 e. The Bertz CT molecular complexity index is 860. The molecule has 2 amide bonds. The van der Waals surface area contributed by atoms with Crippen LogP contribution in [-0.2, 0) is 17.8 Å². The maximum Gasteiger partial charge on any atom is 0.317 e. The van der Waals surface area contributed by atoms with Gasteiger partial charge in [0.15, 0.2) is 11.5 Å². The van der Waals surface area contributed by atoms with Crippen LogP contribution in [0.15, 0.2) is 24.3 Å². The van der Waals surface area contributed by atoms with E-state index in [0.29, 0.717) is 31.1 Å². The van der Waals surface area contributed by atoms with Gasteiger partial charge in [0.05, 0.1) is 38.3 Å². The molecule has 4 rings (SSSR count). The largest absolute Gasteiger partial charge is 0.493 e. The first-order chi connectivity index (χ1) is 14.2. The van der Waals surface area contributed by atoms with Crippen molar-refractivity contribution in [3.63, 3.8) is 0 Å². The SMILES string of the molecule is COc1ccc(-c2cc3n(n2)CCCN(C(=O)NC[C@@H]2CCCO2)C3)cc1OC. The third-order valence-electron chi connectivity index (χ3n) is 5.49. The van der Waals surface area contributed by atoms with Crippen molar-refractivity contribution in [1.29, 1.82) is 0 Å². The number of aryl methyl sites for hydroxylation is 1. The van der Waals surface area contributed by atoms with Crippen LogP contribution in [0.25, 0.3) is 11.3 Å². The Morgan fingerprint density at radius 3 is 2.83 bits per heavy atom. The quantitative estimate of drug-likeness (QED) is 0.835. The normalized spacial score (nSPS) is 18.8. The summed E-state index contributed by atoms with van der Waals surface area (Å²) in [5.41, 5.74) is 2.85. The zero-order chi connectivity index (χ0) is 20.2. The van der Waals surface area contributed by atoms with E-state index in [1.54, 1.807) is 14.2 Å². The van der Waals surface area contributed by atoms with E-state index in [1.807, 2.05) is 33.8 Å². The number of benzene rings is 1. The average Bonchev–Trinajstić information content (AvgIpc) is 3.37. The van der Waals surface area contributed by atoms with Gasteiger partial charge in [-0.1, -0.05) is 0 Å². The number of hydrogen-bond donors (Lipinski definition) is 1. The molecule has 0 aliphatic carbocycles.